The molecule has 1 aliphatic rings. The van der Waals surface area contributed by atoms with Crippen LogP contribution in [0.15, 0.2) is 47.6 Å². The number of nitrogens with one attached hydrogen (secondary N) is 1. The minimum atomic E-state index is -0.212. The predicted molar refractivity (Wildman–Crippen MR) is 91.6 cm³/mol. The fraction of sp³-hybridized carbons (Fsp3) is 0.222. The monoisotopic (exact) mass is 345 g/mol. The number of oxime groups is 1. The maximum atomic E-state index is 12.4. The van der Waals surface area contributed by atoms with Gasteiger partial charge in [0.1, 0.15) is 11.4 Å². The van der Waals surface area contributed by atoms with Crippen molar-refractivity contribution in [2.75, 3.05) is 13.2 Å². The van der Waals surface area contributed by atoms with Gasteiger partial charge in [0.2, 0.25) is 5.71 Å². The Morgan fingerprint density at radius 2 is 2.04 bits per heavy atom. The molecule has 24 heavy (non-hydrogen) atoms. The molecule has 1 aliphatic heterocycles. The van der Waals surface area contributed by atoms with Crippen LogP contribution in [0.3, 0.4) is 0 Å². The second-order valence-corrected chi connectivity index (χ2v) is 6.09. The quantitative estimate of drug-likeness (QED) is 0.497. The van der Waals surface area contributed by atoms with Crippen LogP contribution in [0, 0.1) is 6.92 Å². The van der Waals surface area contributed by atoms with Crippen LogP contribution in [0.5, 0.6) is 5.75 Å². The molecule has 2 N–H and O–H groups in total. The zero-order valence-electron chi connectivity index (χ0n) is 13.3. The molecular formula is C18H18ClN2O3+. The first kappa shape index (κ1) is 16.5. The Balaban J connectivity index is 1.66. The van der Waals surface area contributed by atoms with E-state index in [1.54, 1.807) is 6.07 Å². The van der Waals surface area contributed by atoms with Crippen molar-refractivity contribution in [3.8, 4) is 5.75 Å². The van der Waals surface area contributed by atoms with Crippen LogP contribution in [0.1, 0.15) is 17.5 Å². The number of hydrogen-bond donors (Lipinski definition) is 2. The number of amides is 1. The van der Waals surface area contributed by atoms with E-state index in [-0.39, 0.29) is 11.6 Å². The van der Waals surface area contributed by atoms with Crippen molar-refractivity contribution in [1.82, 2.24) is 0 Å². The number of halogens is 1. The summed E-state index contributed by atoms with van der Waals surface area (Å²) >= 11 is 6.05. The van der Waals surface area contributed by atoms with E-state index in [1.165, 1.54) is 0 Å². The highest BCUT2D eigenvalue weighted by Gasteiger charge is 2.40. The number of rotatable bonds is 5. The molecule has 0 fully saturated rings. The Labute approximate surface area is 145 Å². The lowest BCUT2D eigenvalue weighted by Crippen LogP contribution is -3.09. The molecule has 0 aliphatic carbocycles. The van der Waals surface area contributed by atoms with Crippen molar-refractivity contribution in [3.63, 3.8) is 0 Å². The molecule has 2 aromatic rings. The van der Waals surface area contributed by atoms with E-state index >= 15 is 0 Å². The summed E-state index contributed by atoms with van der Waals surface area (Å²) in [5.74, 6) is 0.423. The second kappa shape index (κ2) is 7.03. The summed E-state index contributed by atoms with van der Waals surface area (Å²) in [5.41, 5.74) is 2.68. The van der Waals surface area contributed by atoms with E-state index in [2.05, 4.69) is 5.16 Å². The van der Waals surface area contributed by atoms with Crippen LogP contribution in [0.25, 0.3) is 0 Å². The smallest absolute Gasteiger partial charge is 0.372 e. The molecule has 1 amide bonds. The average Bonchev–Trinajstić information content (AvgIpc) is 2.83. The molecular weight excluding hydrogens is 328 g/mol. The number of carbonyl (C=O) groups is 1. The molecule has 0 spiro atoms. The first-order chi connectivity index (χ1) is 11.6. The Morgan fingerprint density at radius 3 is 2.79 bits per heavy atom. The van der Waals surface area contributed by atoms with Crippen molar-refractivity contribution in [2.24, 2.45) is 5.16 Å². The average molecular weight is 346 g/mol. The van der Waals surface area contributed by atoms with E-state index in [0.717, 1.165) is 11.3 Å². The van der Waals surface area contributed by atoms with Crippen LogP contribution in [-0.2, 0) is 4.79 Å². The first-order valence-corrected chi connectivity index (χ1v) is 8.11. The van der Waals surface area contributed by atoms with Crippen LogP contribution < -0.4 is 9.64 Å². The van der Waals surface area contributed by atoms with Crippen molar-refractivity contribution < 1.29 is 19.6 Å². The normalized spacial score (nSPS) is 18.0. The third-order valence-corrected chi connectivity index (χ3v) is 4.32. The molecule has 3 rings (SSSR count). The van der Waals surface area contributed by atoms with Crippen molar-refractivity contribution >= 4 is 28.9 Å². The molecule has 0 radical (unpaired) electrons. The standard InChI is InChI=1S/C18H17ClN2O3/c1-12-7-8-15-13(11-12)17(20-23)18(22)21(15)9-4-10-24-16-6-3-2-5-14(16)19/h2-3,5-8,11,23H,4,9-10H2,1H3/p+1. The number of para-hydroxylation sites is 1. The molecule has 1 unspecified atom stereocenters. The Bertz CT molecular complexity index is 805. The van der Waals surface area contributed by atoms with Gasteiger partial charge in [0.05, 0.1) is 23.7 Å². The summed E-state index contributed by atoms with van der Waals surface area (Å²) in [6.07, 6.45) is 0.665. The third kappa shape index (κ3) is 3.13. The highest BCUT2D eigenvalue weighted by molar-refractivity contribution is 6.45. The minimum Gasteiger partial charge on any atom is -0.492 e. The van der Waals surface area contributed by atoms with Gasteiger partial charge in [-0.15, -0.1) is 0 Å². The Morgan fingerprint density at radius 1 is 1.25 bits per heavy atom. The molecule has 6 heteroatoms. The van der Waals surface area contributed by atoms with Gasteiger partial charge in [0.25, 0.3) is 0 Å². The SMILES string of the molecule is Cc1ccc2c(c1)C(=NO)C(=O)[NH+]2CCCOc1ccccc1Cl. The maximum absolute atomic E-state index is 12.4. The third-order valence-electron chi connectivity index (χ3n) is 4.01. The van der Waals surface area contributed by atoms with Gasteiger partial charge < -0.3 is 9.94 Å². The van der Waals surface area contributed by atoms with Crippen LogP contribution in [0.2, 0.25) is 5.02 Å². The minimum absolute atomic E-state index is 0.121. The van der Waals surface area contributed by atoms with Crippen LogP contribution in [0.4, 0.5) is 5.69 Å². The van der Waals surface area contributed by atoms with Gasteiger partial charge in [0, 0.05) is 12.5 Å². The van der Waals surface area contributed by atoms with E-state index in [9.17, 15) is 4.79 Å². The zero-order chi connectivity index (χ0) is 17.1. The predicted octanol–water partition coefficient (Wildman–Crippen LogP) is 2.35. The molecule has 0 saturated carbocycles. The number of fused-ring (bicyclic) bond motifs is 1. The summed E-state index contributed by atoms with van der Waals surface area (Å²) in [7, 11) is 0. The van der Waals surface area contributed by atoms with Gasteiger partial charge in [0.15, 0.2) is 0 Å². The van der Waals surface area contributed by atoms with Gasteiger partial charge in [-0.1, -0.05) is 35.0 Å². The van der Waals surface area contributed by atoms with Crippen molar-refractivity contribution in [1.29, 1.82) is 0 Å². The lowest BCUT2D eigenvalue weighted by atomic mass is 10.1. The molecule has 5 nitrogen and oxygen atoms in total. The number of benzene rings is 2. The molecule has 0 saturated heterocycles. The fourth-order valence-electron chi connectivity index (χ4n) is 2.85. The van der Waals surface area contributed by atoms with Gasteiger partial charge >= 0.3 is 5.91 Å². The van der Waals surface area contributed by atoms with Crippen molar-refractivity contribution in [2.45, 2.75) is 13.3 Å². The number of ether oxygens (including phenoxy) is 1. The first-order valence-electron chi connectivity index (χ1n) is 7.73. The van der Waals surface area contributed by atoms with Gasteiger partial charge in [-0.2, -0.15) is 0 Å². The number of nitrogens with zero attached hydrogens (tertiary/aromatic N) is 1. The highest BCUT2D eigenvalue weighted by Crippen LogP contribution is 2.23. The highest BCUT2D eigenvalue weighted by atomic mass is 35.5. The maximum Gasteiger partial charge on any atom is 0.372 e. The summed E-state index contributed by atoms with van der Waals surface area (Å²) in [6.45, 7) is 2.95. The number of aryl methyl sites for hydroxylation is 1. The molecule has 124 valence electrons. The van der Waals surface area contributed by atoms with E-state index in [0.29, 0.717) is 40.8 Å². The molecule has 0 bridgehead atoms. The largest absolute Gasteiger partial charge is 0.492 e. The number of quaternary nitrogens is 1. The second-order valence-electron chi connectivity index (χ2n) is 5.69. The van der Waals surface area contributed by atoms with Gasteiger partial charge in [-0.3, -0.25) is 0 Å². The lowest BCUT2D eigenvalue weighted by Gasteiger charge is -2.12. The van der Waals surface area contributed by atoms with Crippen LogP contribution >= 0.6 is 11.6 Å². The van der Waals surface area contributed by atoms with E-state index < -0.39 is 0 Å². The lowest BCUT2D eigenvalue weighted by molar-refractivity contribution is -0.742. The molecule has 0 aromatic heterocycles. The molecule has 1 atom stereocenters. The molecule has 2 aromatic carbocycles. The van der Waals surface area contributed by atoms with E-state index in [4.69, 9.17) is 21.5 Å². The fourth-order valence-corrected chi connectivity index (χ4v) is 3.04. The summed E-state index contributed by atoms with van der Waals surface area (Å²) in [6, 6.07) is 13.0. The Kier molecular flexibility index (Phi) is 4.83. The van der Waals surface area contributed by atoms with Crippen molar-refractivity contribution in [3.05, 3.63) is 58.6 Å². The van der Waals surface area contributed by atoms with Gasteiger partial charge in [-0.25, -0.2) is 9.69 Å². The van der Waals surface area contributed by atoms with E-state index in [1.807, 2.05) is 43.3 Å². The summed E-state index contributed by atoms with van der Waals surface area (Å²) in [4.78, 5) is 13.1. The molecule has 1 heterocycles. The summed E-state index contributed by atoms with van der Waals surface area (Å²) < 4.78 is 5.66. The van der Waals surface area contributed by atoms with Gasteiger partial charge in [-0.05, 0) is 30.7 Å². The topological polar surface area (TPSA) is 63.3 Å². The number of hydrogen-bond acceptors (Lipinski definition) is 4. The number of carbonyl (C=O) groups excluding carboxylic acids is 1. The van der Waals surface area contributed by atoms with Crippen LogP contribution in [-0.4, -0.2) is 30.0 Å². The Hall–Kier alpha value is -2.37. The summed E-state index contributed by atoms with van der Waals surface area (Å²) in [5, 5.41) is 12.9. The zero-order valence-corrected chi connectivity index (χ0v) is 14.0.